The third-order valence-corrected chi connectivity index (χ3v) is 5.45. The Labute approximate surface area is 125 Å². The molecule has 0 bridgehead atoms. The van der Waals surface area contributed by atoms with Gasteiger partial charge in [0, 0.05) is 30.8 Å². The van der Waals surface area contributed by atoms with Crippen LogP contribution in [0.15, 0.2) is 4.52 Å². The number of rotatable bonds is 3. The monoisotopic (exact) mass is 289 g/mol. The van der Waals surface area contributed by atoms with Gasteiger partial charge in [-0.1, -0.05) is 30.8 Å². The van der Waals surface area contributed by atoms with Crippen LogP contribution in [0.1, 0.15) is 81.3 Å². The fourth-order valence-electron chi connectivity index (χ4n) is 3.88. The second-order valence-electron chi connectivity index (χ2n) is 6.86. The minimum Gasteiger partial charge on any atom is -0.339 e. The lowest BCUT2D eigenvalue weighted by Crippen LogP contribution is -2.37. The summed E-state index contributed by atoms with van der Waals surface area (Å²) in [6.07, 6.45) is 10.3. The van der Waals surface area contributed by atoms with Crippen molar-refractivity contribution in [1.29, 1.82) is 0 Å². The van der Waals surface area contributed by atoms with E-state index in [1.165, 1.54) is 38.5 Å². The summed E-state index contributed by atoms with van der Waals surface area (Å²) >= 11 is 0. The molecule has 2 aliphatic carbocycles. The Morgan fingerprint density at radius 1 is 1.00 bits per heavy atom. The van der Waals surface area contributed by atoms with Gasteiger partial charge in [-0.2, -0.15) is 4.98 Å². The lowest BCUT2D eigenvalue weighted by atomic mass is 9.85. The van der Waals surface area contributed by atoms with Gasteiger partial charge in [0.2, 0.25) is 11.8 Å². The molecular weight excluding hydrogens is 266 g/mol. The number of hydrogen-bond donors (Lipinski definition) is 0. The fraction of sp³-hybridized carbons (Fsp3) is 0.812. The highest BCUT2D eigenvalue weighted by Gasteiger charge is 2.38. The van der Waals surface area contributed by atoms with Gasteiger partial charge in [0.1, 0.15) is 0 Å². The number of carbonyl (C=O) groups excluding carboxylic acids is 1. The Morgan fingerprint density at radius 3 is 2.52 bits per heavy atom. The molecule has 0 N–H and O–H groups in total. The maximum atomic E-state index is 12.3. The predicted octanol–water partition coefficient (Wildman–Crippen LogP) is 2.99. The summed E-state index contributed by atoms with van der Waals surface area (Å²) in [6, 6.07) is 0.453. The van der Waals surface area contributed by atoms with Gasteiger partial charge in [-0.3, -0.25) is 4.79 Å². The molecule has 2 heterocycles. The summed E-state index contributed by atoms with van der Waals surface area (Å²) in [5.74, 6) is 2.43. The third-order valence-electron chi connectivity index (χ3n) is 5.45. The number of aromatic nitrogens is 2. The topological polar surface area (TPSA) is 59.2 Å². The van der Waals surface area contributed by atoms with Crippen molar-refractivity contribution in [2.24, 2.45) is 0 Å². The van der Waals surface area contributed by atoms with E-state index in [9.17, 15) is 4.79 Å². The van der Waals surface area contributed by atoms with Crippen LogP contribution in [0, 0.1) is 0 Å². The smallest absolute Gasteiger partial charge is 0.229 e. The molecule has 1 aliphatic heterocycles. The maximum Gasteiger partial charge on any atom is 0.229 e. The van der Waals surface area contributed by atoms with Crippen molar-refractivity contribution in [3.63, 3.8) is 0 Å². The lowest BCUT2D eigenvalue weighted by molar-refractivity contribution is -0.130. The molecule has 0 unspecified atom stereocenters. The molecule has 4 rings (SSSR count). The molecule has 3 fully saturated rings. The molecule has 1 amide bonds. The summed E-state index contributed by atoms with van der Waals surface area (Å²) in [6.45, 7) is 0.785. The van der Waals surface area contributed by atoms with Crippen molar-refractivity contribution in [2.75, 3.05) is 6.54 Å². The Morgan fingerprint density at radius 2 is 1.81 bits per heavy atom. The molecule has 0 radical (unpaired) electrons. The van der Waals surface area contributed by atoms with Crippen molar-refractivity contribution in [1.82, 2.24) is 15.0 Å². The molecule has 1 saturated heterocycles. The minimum atomic E-state index is 0.136. The van der Waals surface area contributed by atoms with E-state index in [2.05, 4.69) is 15.0 Å². The highest BCUT2D eigenvalue weighted by atomic mass is 16.5. The first kappa shape index (κ1) is 13.3. The van der Waals surface area contributed by atoms with Gasteiger partial charge >= 0.3 is 0 Å². The van der Waals surface area contributed by atoms with Gasteiger partial charge in [0.15, 0.2) is 5.82 Å². The van der Waals surface area contributed by atoms with E-state index < -0.39 is 0 Å². The Bertz CT molecular complexity index is 517. The van der Waals surface area contributed by atoms with Crippen LogP contribution in [0.5, 0.6) is 0 Å². The van der Waals surface area contributed by atoms with E-state index in [0.717, 1.165) is 31.1 Å². The van der Waals surface area contributed by atoms with Crippen molar-refractivity contribution in [3.05, 3.63) is 11.7 Å². The van der Waals surface area contributed by atoms with Crippen LogP contribution in [0.25, 0.3) is 0 Å². The van der Waals surface area contributed by atoms with Crippen LogP contribution in [-0.4, -0.2) is 33.5 Å². The SMILES string of the molecule is O=C1C[C@H](c2noc(C3CCC3)n2)CN1C1CCCCC1. The number of likely N-dealkylation sites (tertiary alicyclic amines) is 1. The quantitative estimate of drug-likeness (QED) is 0.858. The van der Waals surface area contributed by atoms with E-state index in [0.29, 0.717) is 18.4 Å². The molecule has 5 heteroatoms. The zero-order chi connectivity index (χ0) is 14.2. The van der Waals surface area contributed by atoms with E-state index >= 15 is 0 Å². The summed E-state index contributed by atoms with van der Waals surface area (Å²) in [5.41, 5.74) is 0. The van der Waals surface area contributed by atoms with Crippen LogP contribution in [0.2, 0.25) is 0 Å². The number of nitrogens with zero attached hydrogens (tertiary/aromatic N) is 3. The van der Waals surface area contributed by atoms with Gasteiger partial charge in [-0.15, -0.1) is 0 Å². The van der Waals surface area contributed by atoms with E-state index in [1.54, 1.807) is 0 Å². The molecule has 1 aromatic heterocycles. The summed E-state index contributed by atoms with van der Waals surface area (Å²) in [7, 11) is 0. The molecule has 21 heavy (non-hydrogen) atoms. The zero-order valence-electron chi connectivity index (χ0n) is 12.5. The average molecular weight is 289 g/mol. The number of hydrogen-bond acceptors (Lipinski definition) is 4. The number of carbonyl (C=O) groups is 1. The average Bonchev–Trinajstić information content (AvgIpc) is 3.05. The second-order valence-corrected chi connectivity index (χ2v) is 6.86. The first-order valence-electron chi connectivity index (χ1n) is 8.44. The molecule has 1 atom stereocenters. The molecule has 0 aromatic carbocycles. The largest absolute Gasteiger partial charge is 0.339 e. The maximum absolute atomic E-state index is 12.3. The second kappa shape index (κ2) is 5.43. The molecule has 3 aliphatic rings. The highest BCUT2D eigenvalue weighted by molar-refractivity contribution is 5.79. The van der Waals surface area contributed by atoms with Crippen LogP contribution in [0.3, 0.4) is 0 Å². The van der Waals surface area contributed by atoms with Crippen molar-refractivity contribution in [3.8, 4) is 0 Å². The molecular formula is C16H23N3O2. The Balaban J connectivity index is 1.44. The Kier molecular flexibility index (Phi) is 3.43. The van der Waals surface area contributed by atoms with E-state index in [1.807, 2.05) is 0 Å². The van der Waals surface area contributed by atoms with Crippen LogP contribution < -0.4 is 0 Å². The first-order chi connectivity index (χ1) is 10.3. The van der Waals surface area contributed by atoms with E-state index in [4.69, 9.17) is 4.52 Å². The highest BCUT2D eigenvalue weighted by Crippen LogP contribution is 2.37. The van der Waals surface area contributed by atoms with Gasteiger partial charge < -0.3 is 9.42 Å². The van der Waals surface area contributed by atoms with Crippen LogP contribution >= 0.6 is 0 Å². The van der Waals surface area contributed by atoms with Crippen molar-refractivity contribution in [2.45, 2.75) is 75.7 Å². The Hall–Kier alpha value is -1.39. The normalized spacial score (nSPS) is 28.1. The minimum absolute atomic E-state index is 0.136. The summed E-state index contributed by atoms with van der Waals surface area (Å²) in [4.78, 5) is 19.0. The predicted molar refractivity (Wildman–Crippen MR) is 76.8 cm³/mol. The molecule has 0 spiro atoms. The summed E-state index contributed by atoms with van der Waals surface area (Å²) in [5, 5.41) is 4.15. The van der Waals surface area contributed by atoms with Crippen LogP contribution in [0.4, 0.5) is 0 Å². The van der Waals surface area contributed by atoms with Gasteiger partial charge in [0.05, 0.1) is 0 Å². The lowest BCUT2D eigenvalue weighted by Gasteiger charge is -2.31. The molecule has 1 aromatic rings. The van der Waals surface area contributed by atoms with Gasteiger partial charge in [-0.25, -0.2) is 0 Å². The van der Waals surface area contributed by atoms with E-state index in [-0.39, 0.29) is 11.8 Å². The standard InChI is InChI=1S/C16H23N3O2/c20-14-9-12(10-19(14)13-7-2-1-3-8-13)15-17-16(21-18-15)11-5-4-6-11/h11-13H,1-10H2/t12-/m0/s1. The summed E-state index contributed by atoms with van der Waals surface area (Å²) < 4.78 is 5.41. The zero-order valence-corrected chi connectivity index (χ0v) is 12.5. The van der Waals surface area contributed by atoms with Crippen LogP contribution in [-0.2, 0) is 4.79 Å². The first-order valence-corrected chi connectivity index (χ1v) is 8.44. The van der Waals surface area contributed by atoms with Crippen molar-refractivity contribution < 1.29 is 9.32 Å². The van der Waals surface area contributed by atoms with Crippen molar-refractivity contribution >= 4 is 5.91 Å². The number of amides is 1. The molecule has 114 valence electrons. The van der Waals surface area contributed by atoms with Gasteiger partial charge in [-0.05, 0) is 25.7 Å². The fourth-order valence-corrected chi connectivity index (χ4v) is 3.88. The molecule has 5 nitrogen and oxygen atoms in total. The van der Waals surface area contributed by atoms with Gasteiger partial charge in [0.25, 0.3) is 0 Å². The third kappa shape index (κ3) is 2.47. The molecule has 2 saturated carbocycles.